The molecule has 2 unspecified atom stereocenters. The third-order valence-electron chi connectivity index (χ3n) is 4.08. The SMILES string of the molecule is CC1CCCC(C)N1S(=O)(=O)c1ccc2oc(=O)[nH]c2c1. The number of sulfonamides is 1. The number of piperidine rings is 1. The van der Waals surface area contributed by atoms with Crippen LogP contribution in [0.2, 0.25) is 0 Å². The van der Waals surface area contributed by atoms with E-state index in [1.165, 1.54) is 18.2 Å². The van der Waals surface area contributed by atoms with E-state index in [9.17, 15) is 13.2 Å². The molecule has 114 valence electrons. The van der Waals surface area contributed by atoms with Gasteiger partial charge >= 0.3 is 5.76 Å². The summed E-state index contributed by atoms with van der Waals surface area (Å²) in [5.74, 6) is -0.584. The first kappa shape index (κ1) is 14.3. The lowest BCUT2D eigenvalue weighted by Crippen LogP contribution is -2.47. The third-order valence-corrected chi connectivity index (χ3v) is 6.20. The number of nitrogens with zero attached hydrogens (tertiary/aromatic N) is 1. The van der Waals surface area contributed by atoms with Crippen molar-refractivity contribution in [1.82, 2.24) is 9.29 Å². The van der Waals surface area contributed by atoms with E-state index in [1.54, 1.807) is 4.31 Å². The summed E-state index contributed by atoms with van der Waals surface area (Å²) >= 11 is 0. The minimum atomic E-state index is -3.57. The van der Waals surface area contributed by atoms with Crippen LogP contribution in [0.15, 0.2) is 32.3 Å². The van der Waals surface area contributed by atoms with Crippen LogP contribution in [0.1, 0.15) is 33.1 Å². The fourth-order valence-corrected chi connectivity index (χ4v) is 4.99. The van der Waals surface area contributed by atoms with Gasteiger partial charge in [0.05, 0.1) is 10.4 Å². The maximum atomic E-state index is 12.9. The Balaban J connectivity index is 2.08. The van der Waals surface area contributed by atoms with Gasteiger partial charge in [-0.1, -0.05) is 6.42 Å². The summed E-state index contributed by atoms with van der Waals surface area (Å²) in [6, 6.07) is 4.43. The van der Waals surface area contributed by atoms with E-state index < -0.39 is 15.8 Å². The molecule has 21 heavy (non-hydrogen) atoms. The van der Waals surface area contributed by atoms with Crippen molar-refractivity contribution in [2.75, 3.05) is 0 Å². The van der Waals surface area contributed by atoms with Gasteiger partial charge in [-0.05, 0) is 44.9 Å². The zero-order chi connectivity index (χ0) is 15.2. The van der Waals surface area contributed by atoms with Crippen LogP contribution in [0.4, 0.5) is 0 Å². The van der Waals surface area contributed by atoms with Crippen LogP contribution in [0.25, 0.3) is 11.1 Å². The summed E-state index contributed by atoms with van der Waals surface area (Å²) in [6.45, 7) is 3.87. The number of nitrogens with one attached hydrogen (secondary N) is 1. The van der Waals surface area contributed by atoms with Gasteiger partial charge in [0.15, 0.2) is 5.58 Å². The predicted molar refractivity (Wildman–Crippen MR) is 78.6 cm³/mol. The van der Waals surface area contributed by atoms with Crippen LogP contribution >= 0.6 is 0 Å². The summed E-state index contributed by atoms with van der Waals surface area (Å²) in [6.07, 6.45) is 2.78. The van der Waals surface area contributed by atoms with Crippen molar-refractivity contribution >= 4 is 21.1 Å². The molecule has 7 heteroatoms. The summed E-state index contributed by atoms with van der Waals surface area (Å²) < 4.78 is 32.2. The van der Waals surface area contributed by atoms with Gasteiger partial charge in [0.2, 0.25) is 10.0 Å². The molecule has 0 spiro atoms. The van der Waals surface area contributed by atoms with Gasteiger partial charge in [-0.2, -0.15) is 4.31 Å². The summed E-state index contributed by atoms with van der Waals surface area (Å²) in [5.41, 5.74) is 0.761. The molecule has 6 nitrogen and oxygen atoms in total. The van der Waals surface area contributed by atoms with Gasteiger partial charge in [0.25, 0.3) is 0 Å². The summed E-state index contributed by atoms with van der Waals surface area (Å²) in [5, 5.41) is 0. The molecule has 3 rings (SSSR count). The van der Waals surface area contributed by atoms with Crippen LogP contribution in [0.3, 0.4) is 0 Å². The average Bonchev–Trinajstić information content (AvgIpc) is 2.77. The largest absolute Gasteiger partial charge is 0.417 e. The Morgan fingerprint density at radius 1 is 1.24 bits per heavy atom. The molecular weight excluding hydrogens is 292 g/mol. The van der Waals surface area contributed by atoms with Crippen LogP contribution in [0.5, 0.6) is 0 Å². The molecule has 1 aliphatic rings. The van der Waals surface area contributed by atoms with E-state index >= 15 is 0 Å². The number of aromatic nitrogens is 1. The van der Waals surface area contributed by atoms with Crippen LogP contribution in [-0.4, -0.2) is 29.8 Å². The lowest BCUT2D eigenvalue weighted by Gasteiger charge is -2.37. The Labute approximate surface area is 122 Å². The first-order chi connectivity index (χ1) is 9.89. The number of hydrogen-bond donors (Lipinski definition) is 1. The standard InChI is InChI=1S/C14H18N2O4S/c1-9-4-3-5-10(2)16(9)21(18,19)11-6-7-13-12(8-11)15-14(17)20-13/h6-10H,3-5H2,1-2H3,(H,15,17). The Hall–Kier alpha value is -1.60. The van der Waals surface area contributed by atoms with Gasteiger partial charge in [0.1, 0.15) is 0 Å². The normalized spacial score (nSPS) is 24.5. The van der Waals surface area contributed by atoms with Crippen LogP contribution < -0.4 is 5.76 Å². The number of aromatic amines is 1. The molecule has 0 aliphatic carbocycles. The van der Waals surface area contributed by atoms with E-state index in [1.807, 2.05) is 13.8 Å². The van der Waals surface area contributed by atoms with Crippen molar-refractivity contribution in [3.63, 3.8) is 0 Å². The maximum absolute atomic E-state index is 12.9. The molecule has 0 saturated carbocycles. The van der Waals surface area contributed by atoms with Crippen molar-refractivity contribution in [1.29, 1.82) is 0 Å². The number of fused-ring (bicyclic) bond motifs is 1. The fourth-order valence-electron chi connectivity index (χ4n) is 3.08. The number of oxazole rings is 1. The van der Waals surface area contributed by atoms with Gasteiger partial charge in [-0.15, -0.1) is 0 Å². The molecule has 1 saturated heterocycles. The molecule has 1 aromatic heterocycles. The molecule has 1 aromatic carbocycles. The first-order valence-corrected chi connectivity index (χ1v) is 8.50. The summed E-state index contributed by atoms with van der Waals surface area (Å²) in [7, 11) is -3.57. The molecule has 1 N–H and O–H groups in total. The van der Waals surface area contributed by atoms with Crippen molar-refractivity contribution in [3.05, 3.63) is 28.7 Å². The number of hydrogen-bond acceptors (Lipinski definition) is 4. The Bertz CT molecular complexity index is 811. The van der Waals surface area contributed by atoms with E-state index in [0.717, 1.165) is 19.3 Å². The quantitative estimate of drug-likeness (QED) is 0.920. The Morgan fingerprint density at radius 2 is 1.90 bits per heavy atom. The van der Waals surface area contributed by atoms with E-state index in [2.05, 4.69) is 4.98 Å². The molecule has 0 bridgehead atoms. The second-order valence-corrected chi connectivity index (χ2v) is 7.48. The molecule has 0 radical (unpaired) electrons. The highest BCUT2D eigenvalue weighted by molar-refractivity contribution is 7.89. The monoisotopic (exact) mass is 310 g/mol. The van der Waals surface area contributed by atoms with Gasteiger partial charge in [-0.3, -0.25) is 4.98 Å². The number of benzene rings is 1. The Kier molecular flexibility index (Phi) is 3.41. The van der Waals surface area contributed by atoms with E-state index in [4.69, 9.17) is 4.42 Å². The number of H-pyrrole nitrogens is 1. The minimum Gasteiger partial charge on any atom is -0.408 e. The lowest BCUT2D eigenvalue weighted by molar-refractivity contribution is 0.204. The zero-order valence-electron chi connectivity index (χ0n) is 12.0. The van der Waals surface area contributed by atoms with Crippen molar-refractivity contribution in [3.8, 4) is 0 Å². The molecule has 1 fully saturated rings. The van der Waals surface area contributed by atoms with Crippen molar-refractivity contribution in [2.45, 2.75) is 50.1 Å². The third kappa shape index (κ3) is 2.40. The zero-order valence-corrected chi connectivity index (χ0v) is 12.8. The Morgan fingerprint density at radius 3 is 2.57 bits per heavy atom. The van der Waals surface area contributed by atoms with Crippen molar-refractivity contribution < 1.29 is 12.8 Å². The predicted octanol–water partition coefficient (Wildman–Crippen LogP) is 2.07. The highest BCUT2D eigenvalue weighted by Crippen LogP contribution is 2.30. The van der Waals surface area contributed by atoms with Crippen LogP contribution in [-0.2, 0) is 10.0 Å². The molecule has 2 aromatic rings. The first-order valence-electron chi connectivity index (χ1n) is 7.06. The molecular formula is C14H18N2O4S. The molecule has 2 heterocycles. The second kappa shape index (κ2) is 4.99. The smallest absolute Gasteiger partial charge is 0.408 e. The molecule has 1 aliphatic heterocycles. The van der Waals surface area contributed by atoms with Gasteiger partial charge in [-0.25, -0.2) is 13.2 Å². The summed E-state index contributed by atoms with van der Waals surface area (Å²) in [4.78, 5) is 13.9. The van der Waals surface area contributed by atoms with Crippen molar-refractivity contribution in [2.24, 2.45) is 0 Å². The fraction of sp³-hybridized carbons (Fsp3) is 0.500. The highest BCUT2D eigenvalue weighted by Gasteiger charge is 2.35. The van der Waals surface area contributed by atoms with Gasteiger partial charge < -0.3 is 4.42 Å². The second-order valence-electron chi connectivity index (χ2n) is 5.64. The van der Waals surface area contributed by atoms with E-state index in [-0.39, 0.29) is 17.0 Å². The topological polar surface area (TPSA) is 83.4 Å². The number of rotatable bonds is 2. The molecule has 0 amide bonds. The van der Waals surface area contributed by atoms with E-state index in [0.29, 0.717) is 11.1 Å². The van der Waals surface area contributed by atoms with Crippen LogP contribution in [0, 0.1) is 0 Å². The minimum absolute atomic E-state index is 0.0159. The highest BCUT2D eigenvalue weighted by atomic mass is 32.2. The van der Waals surface area contributed by atoms with Gasteiger partial charge in [0, 0.05) is 12.1 Å². The average molecular weight is 310 g/mol. The maximum Gasteiger partial charge on any atom is 0.417 e. The lowest BCUT2D eigenvalue weighted by atomic mass is 10.0. The molecule has 2 atom stereocenters.